The van der Waals surface area contributed by atoms with E-state index >= 15 is 0 Å². The Balaban J connectivity index is 2.04. The highest BCUT2D eigenvalue weighted by Crippen LogP contribution is 2.30. The summed E-state index contributed by atoms with van der Waals surface area (Å²) in [5.41, 5.74) is 2.73. The minimum absolute atomic E-state index is 0.00471. The third-order valence-corrected chi connectivity index (χ3v) is 3.37. The molecule has 0 atom stereocenters. The van der Waals surface area contributed by atoms with Crippen LogP contribution in [0.25, 0.3) is 0 Å². The molecule has 0 aromatic heterocycles. The summed E-state index contributed by atoms with van der Waals surface area (Å²) in [5.74, 6) is 0.780. The Morgan fingerprint density at radius 3 is 3.05 bits per heavy atom. The summed E-state index contributed by atoms with van der Waals surface area (Å²) >= 11 is 0. The van der Waals surface area contributed by atoms with Gasteiger partial charge in [0.1, 0.15) is 5.75 Å². The highest BCUT2D eigenvalue weighted by molar-refractivity contribution is 6.02. The van der Waals surface area contributed by atoms with Crippen LogP contribution in [0.1, 0.15) is 37.3 Å². The van der Waals surface area contributed by atoms with Gasteiger partial charge in [0.25, 0.3) is 0 Å². The number of oxime groups is 1. The molecule has 1 aliphatic carbocycles. The number of fused-ring (bicyclic) bond motifs is 1. The molecule has 0 radical (unpaired) electrons. The summed E-state index contributed by atoms with van der Waals surface area (Å²) in [7, 11) is 0. The van der Waals surface area contributed by atoms with E-state index in [2.05, 4.69) is 10.5 Å². The van der Waals surface area contributed by atoms with E-state index in [0.29, 0.717) is 25.3 Å². The molecular weight excluding hydrogens is 256 g/mol. The van der Waals surface area contributed by atoms with Crippen LogP contribution in [0.3, 0.4) is 0 Å². The summed E-state index contributed by atoms with van der Waals surface area (Å²) in [4.78, 5) is 11.4. The lowest BCUT2D eigenvalue weighted by Crippen LogP contribution is -2.24. The van der Waals surface area contributed by atoms with E-state index in [4.69, 9.17) is 9.94 Å². The second kappa shape index (κ2) is 6.93. The number of carbonyl (C=O) groups excluding carboxylic acids is 1. The van der Waals surface area contributed by atoms with Crippen LogP contribution in [0.4, 0.5) is 0 Å². The van der Waals surface area contributed by atoms with E-state index in [-0.39, 0.29) is 5.91 Å². The summed E-state index contributed by atoms with van der Waals surface area (Å²) in [6, 6.07) is 5.73. The summed E-state index contributed by atoms with van der Waals surface area (Å²) in [5, 5.41) is 15.1. The number of nitrogens with one attached hydrogen (secondary N) is 1. The van der Waals surface area contributed by atoms with Gasteiger partial charge >= 0.3 is 0 Å². The average Bonchev–Trinajstić information content (AvgIpc) is 2.47. The first-order valence-electron chi connectivity index (χ1n) is 6.99. The zero-order chi connectivity index (χ0) is 14.4. The standard InChI is InChI=1S/C15H20N2O3/c1-2-16-15(18)9-10-20-14-8-4-5-11-12(14)6-3-7-13(11)17-19/h4-5,8,19H,2-3,6-7,9-10H2,1H3,(H,16,18). The SMILES string of the molecule is CCNC(=O)CCOc1cccc2c1CCCC2=NO. The molecule has 2 rings (SSSR count). The molecule has 1 amide bonds. The molecule has 0 unspecified atom stereocenters. The van der Waals surface area contributed by atoms with Gasteiger partial charge in [0.05, 0.1) is 18.7 Å². The predicted octanol–water partition coefficient (Wildman–Crippen LogP) is 2.11. The first-order valence-corrected chi connectivity index (χ1v) is 6.99. The highest BCUT2D eigenvalue weighted by atomic mass is 16.5. The number of benzene rings is 1. The quantitative estimate of drug-likeness (QED) is 0.639. The monoisotopic (exact) mass is 276 g/mol. The van der Waals surface area contributed by atoms with Crippen LogP contribution in [0.2, 0.25) is 0 Å². The third-order valence-electron chi connectivity index (χ3n) is 3.37. The number of hydrogen-bond donors (Lipinski definition) is 2. The smallest absolute Gasteiger partial charge is 0.223 e. The van der Waals surface area contributed by atoms with Crippen LogP contribution < -0.4 is 10.1 Å². The summed E-state index contributed by atoms with van der Waals surface area (Å²) in [6.07, 6.45) is 2.99. The maximum absolute atomic E-state index is 11.4. The molecule has 20 heavy (non-hydrogen) atoms. The molecule has 1 aromatic rings. The lowest BCUT2D eigenvalue weighted by atomic mass is 9.89. The second-order valence-electron chi connectivity index (χ2n) is 4.73. The van der Waals surface area contributed by atoms with Crippen LogP contribution in [-0.4, -0.2) is 30.0 Å². The number of carbonyl (C=O) groups is 1. The number of rotatable bonds is 5. The molecule has 0 bridgehead atoms. The molecule has 5 nitrogen and oxygen atoms in total. The van der Waals surface area contributed by atoms with Crippen LogP contribution in [0, 0.1) is 0 Å². The van der Waals surface area contributed by atoms with Crippen molar-refractivity contribution in [3.8, 4) is 5.75 Å². The zero-order valence-corrected chi connectivity index (χ0v) is 11.7. The molecular formula is C15H20N2O3. The molecule has 0 spiro atoms. The van der Waals surface area contributed by atoms with E-state index in [9.17, 15) is 4.79 Å². The second-order valence-corrected chi connectivity index (χ2v) is 4.73. The van der Waals surface area contributed by atoms with Crippen LogP contribution in [0.5, 0.6) is 5.75 Å². The van der Waals surface area contributed by atoms with Crippen LogP contribution in [0.15, 0.2) is 23.4 Å². The summed E-state index contributed by atoms with van der Waals surface area (Å²) in [6.45, 7) is 2.88. The Bertz CT molecular complexity index is 512. The Morgan fingerprint density at radius 1 is 1.45 bits per heavy atom. The van der Waals surface area contributed by atoms with Crippen molar-refractivity contribution < 1.29 is 14.7 Å². The van der Waals surface area contributed by atoms with E-state index in [1.54, 1.807) is 0 Å². The lowest BCUT2D eigenvalue weighted by Gasteiger charge is -2.20. The normalized spacial score (nSPS) is 15.8. The van der Waals surface area contributed by atoms with Gasteiger partial charge in [0.15, 0.2) is 0 Å². The van der Waals surface area contributed by atoms with Crippen molar-refractivity contribution in [1.29, 1.82) is 0 Å². The van der Waals surface area contributed by atoms with E-state index in [1.807, 2.05) is 25.1 Å². The average molecular weight is 276 g/mol. The highest BCUT2D eigenvalue weighted by Gasteiger charge is 2.19. The Kier molecular flexibility index (Phi) is 4.98. The lowest BCUT2D eigenvalue weighted by molar-refractivity contribution is -0.121. The van der Waals surface area contributed by atoms with E-state index in [0.717, 1.165) is 36.1 Å². The molecule has 0 aliphatic heterocycles. The fourth-order valence-corrected chi connectivity index (χ4v) is 2.44. The van der Waals surface area contributed by atoms with Gasteiger partial charge in [-0.2, -0.15) is 0 Å². The topological polar surface area (TPSA) is 70.9 Å². The maximum Gasteiger partial charge on any atom is 0.223 e. The number of ether oxygens (including phenoxy) is 1. The van der Waals surface area contributed by atoms with E-state index < -0.39 is 0 Å². The third kappa shape index (κ3) is 3.29. The minimum atomic E-state index is -0.00471. The largest absolute Gasteiger partial charge is 0.493 e. The number of hydrogen-bond acceptors (Lipinski definition) is 4. The van der Waals surface area contributed by atoms with Crippen LogP contribution in [-0.2, 0) is 11.2 Å². The molecule has 2 N–H and O–H groups in total. The van der Waals surface area contributed by atoms with Gasteiger partial charge in [0.2, 0.25) is 5.91 Å². The molecule has 1 aliphatic rings. The summed E-state index contributed by atoms with van der Waals surface area (Å²) < 4.78 is 5.72. The molecule has 5 heteroatoms. The van der Waals surface area contributed by atoms with Crippen molar-refractivity contribution in [2.75, 3.05) is 13.2 Å². The molecule has 0 fully saturated rings. The fraction of sp³-hybridized carbons (Fsp3) is 0.467. The van der Waals surface area contributed by atoms with Gasteiger partial charge in [-0.1, -0.05) is 17.3 Å². The first-order chi connectivity index (χ1) is 9.76. The predicted molar refractivity (Wildman–Crippen MR) is 76.5 cm³/mol. The van der Waals surface area contributed by atoms with Crippen molar-refractivity contribution in [3.63, 3.8) is 0 Å². The Hall–Kier alpha value is -2.04. The number of amides is 1. The van der Waals surface area contributed by atoms with Gasteiger partial charge in [-0.25, -0.2) is 0 Å². The minimum Gasteiger partial charge on any atom is -0.493 e. The van der Waals surface area contributed by atoms with Crippen molar-refractivity contribution in [2.45, 2.75) is 32.6 Å². The molecule has 1 aromatic carbocycles. The van der Waals surface area contributed by atoms with Gasteiger partial charge < -0.3 is 15.3 Å². The maximum atomic E-state index is 11.4. The zero-order valence-electron chi connectivity index (χ0n) is 11.7. The Labute approximate surface area is 118 Å². The van der Waals surface area contributed by atoms with E-state index in [1.165, 1.54) is 0 Å². The van der Waals surface area contributed by atoms with Crippen molar-refractivity contribution >= 4 is 11.6 Å². The van der Waals surface area contributed by atoms with Gasteiger partial charge in [0, 0.05) is 17.7 Å². The van der Waals surface area contributed by atoms with Gasteiger partial charge in [-0.3, -0.25) is 4.79 Å². The number of nitrogens with zero attached hydrogens (tertiary/aromatic N) is 1. The first kappa shape index (κ1) is 14.4. The van der Waals surface area contributed by atoms with Gasteiger partial charge in [-0.15, -0.1) is 0 Å². The fourth-order valence-electron chi connectivity index (χ4n) is 2.44. The molecule has 0 heterocycles. The van der Waals surface area contributed by atoms with Crippen LogP contribution >= 0.6 is 0 Å². The van der Waals surface area contributed by atoms with Crippen molar-refractivity contribution in [3.05, 3.63) is 29.3 Å². The van der Waals surface area contributed by atoms with Crippen molar-refractivity contribution in [2.24, 2.45) is 5.16 Å². The Morgan fingerprint density at radius 2 is 2.30 bits per heavy atom. The molecule has 108 valence electrons. The van der Waals surface area contributed by atoms with Gasteiger partial charge in [-0.05, 0) is 32.3 Å². The van der Waals surface area contributed by atoms with Crippen molar-refractivity contribution in [1.82, 2.24) is 5.32 Å². The molecule has 0 saturated heterocycles. The molecule has 0 saturated carbocycles.